The van der Waals surface area contributed by atoms with Crippen LogP contribution >= 0.6 is 0 Å². The number of anilines is 1. The van der Waals surface area contributed by atoms with Crippen LogP contribution in [0.15, 0.2) is 23.1 Å². The van der Waals surface area contributed by atoms with E-state index in [9.17, 15) is 8.42 Å². The molecular formula is C15H24N2O2S. The molecule has 0 saturated carbocycles. The maximum absolute atomic E-state index is 12.6. The molecule has 0 spiro atoms. The lowest BCUT2D eigenvalue weighted by Crippen LogP contribution is -2.38. The van der Waals surface area contributed by atoms with Crippen molar-refractivity contribution in [1.29, 1.82) is 0 Å². The third kappa shape index (κ3) is 3.15. The van der Waals surface area contributed by atoms with Gasteiger partial charge in [-0.1, -0.05) is 19.8 Å². The molecule has 2 rings (SSSR count). The lowest BCUT2D eigenvalue weighted by Gasteiger charge is -2.31. The first kappa shape index (κ1) is 15.3. The van der Waals surface area contributed by atoms with Crippen LogP contribution in [-0.2, 0) is 10.0 Å². The molecule has 20 heavy (non-hydrogen) atoms. The molecule has 112 valence electrons. The SMILES string of the molecule is CCCC1CCN(S(=O)(=O)c2ccc(N)c(C)c2)CC1. The number of nitrogens with two attached hydrogens (primary N) is 1. The fourth-order valence-electron chi connectivity index (χ4n) is 2.80. The zero-order valence-corrected chi connectivity index (χ0v) is 13.1. The molecule has 5 heteroatoms. The zero-order valence-electron chi connectivity index (χ0n) is 12.3. The largest absolute Gasteiger partial charge is 0.399 e. The first-order valence-corrected chi connectivity index (χ1v) is 8.75. The normalized spacial score (nSPS) is 18.3. The first-order valence-electron chi connectivity index (χ1n) is 7.31. The highest BCUT2D eigenvalue weighted by molar-refractivity contribution is 7.89. The molecule has 1 aromatic carbocycles. The molecule has 0 aromatic heterocycles. The number of benzene rings is 1. The molecule has 1 aliphatic rings. The van der Waals surface area contributed by atoms with Gasteiger partial charge in [0, 0.05) is 18.8 Å². The van der Waals surface area contributed by atoms with E-state index in [1.165, 1.54) is 12.8 Å². The van der Waals surface area contributed by atoms with Crippen LogP contribution in [0, 0.1) is 12.8 Å². The van der Waals surface area contributed by atoms with Crippen LogP contribution in [0.2, 0.25) is 0 Å². The van der Waals surface area contributed by atoms with Gasteiger partial charge >= 0.3 is 0 Å². The molecule has 1 saturated heterocycles. The summed E-state index contributed by atoms with van der Waals surface area (Å²) in [5, 5.41) is 0. The standard InChI is InChI=1S/C15H24N2O2S/c1-3-4-13-7-9-17(10-8-13)20(18,19)14-5-6-15(16)12(2)11-14/h5-6,11,13H,3-4,7-10,16H2,1-2H3. The fourth-order valence-corrected chi connectivity index (χ4v) is 4.36. The molecule has 0 atom stereocenters. The number of nitrogens with zero attached hydrogens (tertiary/aromatic N) is 1. The summed E-state index contributed by atoms with van der Waals surface area (Å²) < 4.78 is 26.8. The Bertz CT molecular complexity index is 561. The van der Waals surface area contributed by atoms with Gasteiger partial charge in [-0.15, -0.1) is 0 Å². The van der Waals surface area contributed by atoms with Crippen molar-refractivity contribution in [2.45, 2.75) is 44.4 Å². The van der Waals surface area contributed by atoms with Crippen molar-refractivity contribution in [2.75, 3.05) is 18.8 Å². The van der Waals surface area contributed by atoms with E-state index in [4.69, 9.17) is 5.73 Å². The average Bonchev–Trinajstić information content (AvgIpc) is 2.43. The van der Waals surface area contributed by atoms with Gasteiger partial charge in [-0.25, -0.2) is 8.42 Å². The topological polar surface area (TPSA) is 63.4 Å². The number of rotatable bonds is 4. The van der Waals surface area contributed by atoms with Gasteiger partial charge in [-0.3, -0.25) is 0 Å². The second-order valence-corrected chi connectivity index (χ2v) is 7.59. The van der Waals surface area contributed by atoms with Crippen LogP contribution in [0.5, 0.6) is 0 Å². The number of aryl methyl sites for hydroxylation is 1. The van der Waals surface area contributed by atoms with Crippen LogP contribution in [0.25, 0.3) is 0 Å². The molecule has 1 aromatic rings. The predicted molar refractivity (Wildman–Crippen MR) is 82.0 cm³/mol. The van der Waals surface area contributed by atoms with Crippen molar-refractivity contribution in [3.63, 3.8) is 0 Å². The van der Waals surface area contributed by atoms with E-state index in [0.717, 1.165) is 18.4 Å². The summed E-state index contributed by atoms with van der Waals surface area (Å²) in [5.41, 5.74) is 7.20. The van der Waals surface area contributed by atoms with E-state index in [2.05, 4.69) is 6.92 Å². The van der Waals surface area contributed by atoms with Crippen LogP contribution in [0.3, 0.4) is 0 Å². The average molecular weight is 296 g/mol. The van der Waals surface area contributed by atoms with Gasteiger partial charge in [0.15, 0.2) is 0 Å². The summed E-state index contributed by atoms with van der Waals surface area (Å²) in [6.45, 7) is 5.29. The van der Waals surface area contributed by atoms with Crippen molar-refractivity contribution in [3.8, 4) is 0 Å². The summed E-state index contributed by atoms with van der Waals surface area (Å²) in [6, 6.07) is 4.95. The Labute approximate surface area is 122 Å². The van der Waals surface area contributed by atoms with Crippen LogP contribution in [0.1, 0.15) is 38.2 Å². The highest BCUT2D eigenvalue weighted by atomic mass is 32.2. The highest BCUT2D eigenvalue weighted by Gasteiger charge is 2.29. The molecule has 1 aliphatic heterocycles. The molecule has 1 heterocycles. The molecule has 0 unspecified atom stereocenters. The summed E-state index contributed by atoms with van der Waals surface area (Å²) in [6.07, 6.45) is 4.32. The minimum absolute atomic E-state index is 0.359. The maximum atomic E-state index is 12.6. The van der Waals surface area contributed by atoms with Crippen molar-refractivity contribution in [3.05, 3.63) is 23.8 Å². The van der Waals surface area contributed by atoms with E-state index < -0.39 is 10.0 Å². The monoisotopic (exact) mass is 296 g/mol. The lowest BCUT2D eigenvalue weighted by atomic mass is 9.94. The second kappa shape index (κ2) is 6.14. The van der Waals surface area contributed by atoms with Gasteiger partial charge in [-0.05, 0) is 49.4 Å². The third-order valence-electron chi connectivity index (χ3n) is 4.15. The summed E-state index contributed by atoms with van der Waals surface area (Å²) >= 11 is 0. The Hall–Kier alpha value is -1.07. The van der Waals surface area contributed by atoms with Gasteiger partial charge in [0.25, 0.3) is 0 Å². The Balaban J connectivity index is 2.13. The number of piperidine rings is 1. The number of sulfonamides is 1. The van der Waals surface area contributed by atoms with E-state index in [-0.39, 0.29) is 0 Å². The maximum Gasteiger partial charge on any atom is 0.243 e. The Morgan fingerprint density at radius 3 is 2.50 bits per heavy atom. The van der Waals surface area contributed by atoms with Crippen LogP contribution in [-0.4, -0.2) is 25.8 Å². The summed E-state index contributed by atoms with van der Waals surface area (Å²) in [4.78, 5) is 0.359. The van der Waals surface area contributed by atoms with Crippen molar-refractivity contribution < 1.29 is 8.42 Å². The fraction of sp³-hybridized carbons (Fsp3) is 0.600. The van der Waals surface area contributed by atoms with E-state index >= 15 is 0 Å². The molecule has 1 fully saturated rings. The number of hydrogen-bond donors (Lipinski definition) is 1. The van der Waals surface area contributed by atoms with E-state index in [0.29, 0.717) is 29.6 Å². The van der Waals surface area contributed by atoms with Gasteiger partial charge in [0.05, 0.1) is 4.90 Å². The number of nitrogen functional groups attached to an aromatic ring is 1. The Morgan fingerprint density at radius 2 is 1.95 bits per heavy atom. The van der Waals surface area contributed by atoms with E-state index in [1.807, 2.05) is 6.92 Å². The highest BCUT2D eigenvalue weighted by Crippen LogP contribution is 2.27. The molecule has 4 nitrogen and oxygen atoms in total. The molecule has 0 amide bonds. The second-order valence-electron chi connectivity index (χ2n) is 5.65. The zero-order chi connectivity index (χ0) is 14.8. The van der Waals surface area contributed by atoms with Gasteiger partial charge in [-0.2, -0.15) is 4.31 Å². The summed E-state index contributed by atoms with van der Waals surface area (Å²) in [5.74, 6) is 0.680. The van der Waals surface area contributed by atoms with Gasteiger partial charge < -0.3 is 5.73 Å². The Morgan fingerprint density at radius 1 is 1.30 bits per heavy atom. The minimum Gasteiger partial charge on any atom is -0.399 e. The van der Waals surface area contributed by atoms with Gasteiger partial charge in [0.2, 0.25) is 10.0 Å². The van der Waals surface area contributed by atoms with Crippen molar-refractivity contribution in [2.24, 2.45) is 5.92 Å². The molecule has 0 aliphatic carbocycles. The Kier molecular flexibility index (Phi) is 4.70. The van der Waals surface area contributed by atoms with Crippen LogP contribution < -0.4 is 5.73 Å². The van der Waals surface area contributed by atoms with Crippen molar-refractivity contribution >= 4 is 15.7 Å². The first-order chi connectivity index (χ1) is 9.45. The molecule has 0 radical (unpaired) electrons. The molecular weight excluding hydrogens is 272 g/mol. The third-order valence-corrected chi connectivity index (χ3v) is 6.04. The summed E-state index contributed by atoms with van der Waals surface area (Å²) in [7, 11) is -3.36. The van der Waals surface area contributed by atoms with E-state index in [1.54, 1.807) is 22.5 Å². The lowest BCUT2D eigenvalue weighted by molar-refractivity contribution is 0.262. The van der Waals surface area contributed by atoms with Gasteiger partial charge in [0.1, 0.15) is 0 Å². The van der Waals surface area contributed by atoms with Crippen molar-refractivity contribution in [1.82, 2.24) is 4.31 Å². The van der Waals surface area contributed by atoms with Crippen LogP contribution in [0.4, 0.5) is 5.69 Å². The quantitative estimate of drug-likeness (QED) is 0.869. The minimum atomic E-state index is -3.36. The predicted octanol–water partition coefficient (Wildman–Crippen LogP) is 2.78. The number of hydrogen-bond acceptors (Lipinski definition) is 3. The molecule has 0 bridgehead atoms. The smallest absolute Gasteiger partial charge is 0.243 e. The molecule has 2 N–H and O–H groups in total.